The van der Waals surface area contributed by atoms with Gasteiger partial charge in [-0.3, -0.25) is 9.36 Å². The number of thiazole rings is 1. The van der Waals surface area contributed by atoms with Crippen LogP contribution in [-0.2, 0) is 14.3 Å². The lowest BCUT2D eigenvalue weighted by molar-refractivity contribution is -0.139. The zero-order valence-corrected chi connectivity index (χ0v) is 25.3. The van der Waals surface area contributed by atoms with E-state index >= 15 is 0 Å². The summed E-state index contributed by atoms with van der Waals surface area (Å²) >= 11 is 7.34. The number of carbonyl (C=O) groups excluding carboxylic acids is 2. The fourth-order valence-corrected chi connectivity index (χ4v) is 5.96. The van der Waals surface area contributed by atoms with Crippen LogP contribution in [0.25, 0.3) is 17.4 Å². The number of carbonyl (C=O) groups is 2. The average molecular weight is 605 g/mol. The molecule has 1 aliphatic rings. The van der Waals surface area contributed by atoms with Crippen molar-refractivity contribution >= 4 is 41.0 Å². The van der Waals surface area contributed by atoms with E-state index in [-0.39, 0.29) is 24.2 Å². The van der Waals surface area contributed by atoms with Crippen LogP contribution in [0.2, 0.25) is 5.02 Å². The first-order chi connectivity index (χ1) is 20.1. The highest BCUT2D eigenvalue weighted by atomic mass is 35.5. The molecule has 4 aromatic rings. The predicted octanol–water partition coefficient (Wildman–Crippen LogP) is 5.59. The number of fused-ring (bicyclic) bond motifs is 1. The van der Waals surface area contributed by atoms with Crippen molar-refractivity contribution in [3.8, 4) is 11.3 Å². The number of aromatic nitrogens is 1. The molecule has 8 nitrogen and oxygen atoms in total. The second-order valence-electron chi connectivity index (χ2n) is 10.0. The summed E-state index contributed by atoms with van der Waals surface area (Å²) in [5.74, 6) is 0.160. The van der Waals surface area contributed by atoms with E-state index in [1.54, 1.807) is 76.2 Å². The number of benzene rings is 2. The van der Waals surface area contributed by atoms with Crippen LogP contribution < -0.4 is 14.9 Å². The first-order valence-electron chi connectivity index (χ1n) is 13.4. The Labute approximate surface area is 251 Å². The summed E-state index contributed by atoms with van der Waals surface area (Å²) in [4.78, 5) is 44.2. The lowest BCUT2D eigenvalue weighted by Gasteiger charge is -2.24. The number of allylic oxidation sites excluding steroid dienone is 1. The Hall–Kier alpha value is -4.21. The Morgan fingerprint density at radius 3 is 2.50 bits per heavy atom. The third kappa shape index (κ3) is 5.75. The van der Waals surface area contributed by atoms with Gasteiger partial charge in [0.2, 0.25) is 0 Å². The first-order valence-corrected chi connectivity index (χ1v) is 14.6. The number of rotatable bonds is 7. The van der Waals surface area contributed by atoms with Gasteiger partial charge in [0, 0.05) is 16.7 Å². The highest BCUT2D eigenvalue weighted by Crippen LogP contribution is 2.31. The number of esters is 2. The summed E-state index contributed by atoms with van der Waals surface area (Å²) in [6, 6.07) is 15.2. The molecule has 2 aromatic heterocycles. The van der Waals surface area contributed by atoms with E-state index in [1.165, 1.54) is 15.9 Å². The Morgan fingerprint density at radius 1 is 1.10 bits per heavy atom. The lowest BCUT2D eigenvalue weighted by atomic mass is 9.96. The maximum absolute atomic E-state index is 13.8. The third-order valence-corrected chi connectivity index (χ3v) is 7.91. The molecule has 5 rings (SSSR count). The van der Waals surface area contributed by atoms with Crippen molar-refractivity contribution in [1.82, 2.24) is 4.57 Å². The van der Waals surface area contributed by atoms with Gasteiger partial charge in [0.15, 0.2) is 4.80 Å². The largest absolute Gasteiger partial charge is 0.463 e. The molecule has 1 aliphatic heterocycles. The van der Waals surface area contributed by atoms with Crippen molar-refractivity contribution in [2.24, 2.45) is 4.99 Å². The molecule has 1 atom stereocenters. The highest BCUT2D eigenvalue weighted by Gasteiger charge is 2.33. The molecule has 0 bridgehead atoms. The Bertz CT molecular complexity index is 1900. The molecular weight excluding hydrogens is 576 g/mol. The zero-order valence-electron chi connectivity index (χ0n) is 23.8. The van der Waals surface area contributed by atoms with Crippen LogP contribution >= 0.6 is 22.9 Å². The number of aryl methyl sites for hydroxylation is 1. The second-order valence-corrected chi connectivity index (χ2v) is 11.5. The van der Waals surface area contributed by atoms with Gasteiger partial charge < -0.3 is 13.9 Å². The SMILES string of the molecule is CCOC(=O)C1=C(C)N=c2s/c(=C/c3ccc(-c4ccc(C(=O)OC(C)C)cc4C)o3)c(=O)n2[C@@H]1c1ccc(Cl)cc1. The normalized spacial score (nSPS) is 15.0. The molecule has 0 saturated carbocycles. The quantitative estimate of drug-likeness (QED) is 0.255. The van der Waals surface area contributed by atoms with E-state index in [1.807, 2.05) is 19.1 Å². The van der Waals surface area contributed by atoms with Gasteiger partial charge in [-0.2, -0.15) is 0 Å². The van der Waals surface area contributed by atoms with Gasteiger partial charge in [-0.1, -0.05) is 41.1 Å². The molecule has 216 valence electrons. The van der Waals surface area contributed by atoms with E-state index in [0.29, 0.717) is 48.3 Å². The van der Waals surface area contributed by atoms with Gasteiger partial charge in [-0.15, -0.1) is 0 Å². The summed E-state index contributed by atoms with van der Waals surface area (Å²) in [5.41, 5.74) is 3.31. The zero-order chi connectivity index (χ0) is 30.1. The molecule has 0 aliphatic carbocycles. The minimum atomic E-state index is -0.726. The number of halogens is 1. The van der Waals surface area contributed by atoms with Crippen LogP contribution in [0.4, 0.5) is 0 Å². The van der Waals surface area contributed by atoms with Crippen LogP contribution in [0, 0.1) is 6.92 Å². The number of nitrogens with zero attached hydrogens (tertiary/aromatic N) is 2. The van der Waals surface area contributed by atoms with E-state index in [2.05, 4.69) is 4.99 Å². The fraction of sp³-hybridized carbons (Fsp3) is 0.250. The number of ether oxygens (including phenoxy) is 2. The van der Waals surface area contributed by atoms with Crippen molar-refractivity contribution in [1.29, 1.82) is 0 Å². The standard InChI is InChI=1S/C32H29ClN2O6S/c1-6-39-31(38)27-19(5)34-32-35(28(27)20-7-10-22(33)11-8-20)29(36)26(42-32)16-23-12-14-25(41-23)24-13-9-21(15-18(24)4)30(37)40-17(2)3/h7-17,28H,6H2,1-5H3/b26-16+/t28-/m1/s1. The van der Waals surface area contributed by atoms with Gasteiger partial charge in [0.05, 0.1) is 40.1 Å². The summed E-state index contributed by atoms with van der Waals surface area (Å²) in [5, 5.41) is 0.540. The average Bonchev–Trinajstić information content (AvgIpc) is 3.52. The monoisotopic (exact) mass is 604 g/mol. The molecule has 0 fully saturated rings. The predicted molar refractivity (Wildman–Crippen MR) is 161 cm³/mol. The molecule has 0 radical (unpaired) electrons. The fourth-order valence-electron chi connectivity index (χ4n) is 4.81. The van der Waals surface area contributed by atoms with Gasteiger partial charge in [-0.25, -0.2) is 14.6 Å². The van der Waals surface area contributed by atoms with Crippen LogP contribution in [-0.4, -0.2) is 29.2 Å². The number of hydrogen-bond donors (Lipinski definition) is 0. The first kappa shape index (κ1) is 29.3. The van der Waals surface area contributed by atoms with E-state index in [4.69, 9.17) is 25.5 Å². The molecule has 2 aromatic carbocycles. The van der Waals surface area contributed by atoms with Gasteiger partial charge in [0.25, 0.3) is 5.56 Å². The van der Waals surface area contributed by atoms with Crippen LogP contribution in [0.5, 0.6) is 0 Å². The van der Waals surface area contributed by atoms with Crippen LogP contribution in [0.3, 0.4) is 0 Å². The summed E-state index contributed by atoms with van der Waals surface area (Å²) < 4.78 is 18.6. The summed E-state index contributed by atoms with van der Waals surface area (Å²) in [6.07, 6.45) is 1.46. The van der Waals surface area contributed by atoms with Crippen LogP contribution in [0.1, 0.15) is 61.0 Å². The van der Waals surface area contributed by atoms with Crippen molar-refractivity contribution in [2.75, 3.05) is 6.61 Å². The minimum absolute atomic E-state index is 0.193. The van der Waals surface area contributed by atoms with E-state index in [0.717, 1.165) is 11.1 Å². The van der Waals surface area contributed by atoms with Crippen LogP contribution in [0.15, 0.2) is 80.1 Å². The molecule has 0 spiro atoms. The minimum Gasteiger partial charge on any atom is -0.463 e. The Kier molecular flexibility index (Phi) is 8.34. The molecule has 42 heavy (non-hydrogen) atoms. The third-order valence-electron chi connectivity index (χ3n) is 6.67. The van der Waals surface area contributed by atoms with Gasteiger partial charge >= 0.3 is 11.9 Å². The van der Waals surface area contributed by atoms with Gasteiger partial charge in [-0.05, 0) is 82.1 Å². The van der Waals surface area contributed by atoms with Gasteiger partial charge in [0.1, 0.15) is 11.5 Å². The maximum atomic E-state index is 13.8. The van der Waals surface area contributed by atoms with E-state index < -0.39 is 12.0 Å². The van der Waals surface area contributed by atoms with E-state index in [9.17, 15) is 14.4 Å². The molecule has 0 saturated heterocycles. The van der Waals surface area contributed by atoms with Crippen molar-refractivity contribution in [3.63, 3.8) is 0 Å². The van der Waals surface area contributed by atoms with Crippen molar-refractivity contribution in [3.05, 3.63) is 113 Å². The Morgan fingerprint density at radius 2 is 1.83 bits per heavy atom. The van der Waals surface area contributed by atoms with Crippen molar-refractivity contribution < 1.29 is 23.5 Å². The smallest absolute Gasteiger partial charge is 0.338 e. The molecular formula is C32H29ClN2O6S. The molecule has 3 heterocycles. The summed E-state index contributed by atoms with van der Waals surface area (Å²) in [7, 11) is 0. The topological polar surface area (TPSA) is 100 Å². The highest BCUT2D eigenvalue weighted by molar-refractivity contribution is 7.07. The molecule has 0 unspecified atom stereocenters. The number of hydrogen-bond acceptors (Lipinski definition) is 8. The number of furan rings is 1. The molecule has 10 heteroatoms. The Balaban J connectivity index is 1.54. The summed E-state index contributed by atoms with van der Waals surface area (Å²) in [6.45, 7) is 9.16. The molecule has 0 amide bonds. The lowest BCUT2D eigenvalue weighted by Crippen LogP contribution is -2.39. The van der Waals surface area contributed by atoms with Crippen molar-refractivity contribution in [2.45, 2.75) is 46.8 Å². The second kappa shape index (κ2) is 12.0. The maximum Gasteiger partial charge on any atom is 0.338 e. The molecule has 0 N–H and O–H groups in total.